The van der Waals surface area contributed by atoms with Crippen LogP contribution in [0.25, 0.3) is 22.3 Å². The standard InChI is InChI=1S/C27H31N5O/c1-18-25(31(2)30-29-18)22-11-12-23-24(17-22)32(27(28-23)21-9-6-10-21)26(19-7-4-3-5-8-19)20-13-15-33-16-14-20/h3-5,7-8,11-12,17,20-21,26H,6,9-10,13-16H2,1-2H3/t26-/m1/s1. The Labute approximate surface area is 194 Å². The maximum atomic E-state index is 5.75. The van der Waals surface area contributed by atoms with Crippen LogP contribution in [0.15, 0.2) is 48.5 Å². The van der Waals surface area contributed by atoms with Crippen molar-refractivity contribution in [2.75, 3.05) is 13.2 Å². The van der Waals surface area contributed by atoms with Crippen LogP contribution in [0.2, 0.25) is 0 Å². The first kappa shape index (κ1) is 20.6. The molecular formula is C27H31N5O. The van der Waals surface area contributed by atoms with E-state index in [0.29, 0.717) is 11.8 Å². The summed E-state index contributed by atoms with van der Waals surface area (Å²) in [7, 11) is 1.96. The second kappa shape index (κ2) is 8.41. The Morgan fingerprint density at radius 3 is 2.45 bits per heavy atom. The first-order valence-corrected chi connectivity index (χ1v) is 12.2. The molecule has 33 heavy (non-hydrogen) atoms. The molecule has 0 bridgehead atoms. The zero-order valence-electron chi connectivity index (χ0n) is 19.4. The monoisotopic (exact) mass is 441 g/mol. The van der Waals surface area contributed by atoms with Gasteiger partial charge in [0, 0.05) is 31.7 Å². The molecule has 3 heterocycles. The first-order valence-electron chi connectivity index (χ1n) is 12.2. The molecule has 0 N–H and O–H groups in total. The van der Waals surface area contributed by atoms with E-state index in [0.717, 1.165) is 48.5 Å². The van der Waals surface area contributed by atoms with Gasteiger partial charge in [0.25, 0.3) is 0 Å². The quantitative estimate of drug-likeness (QED) is 0.415. The highest BCUT2D eigenvalue weighted by Crippen LogP contribution is 2.43. The average Bonchev–Trinajstić information content (AvgIpc) is 3.33. The number of rotatable bonds is 5. The number of aryl methyl sites for hydroxylation is 2. The fourth-order valence-electron chi connectivity index (χ4n) is 5.68. The van der Waals surface area contributed by atoms with Crippen LogP contribution >= 0.6 is 0 Å². The summed E-state index contributed by atoms with van der Waals surface area (Å²) in [6.45, 7) is 3.70. The third-order valence-corrected chi connectivity index (χ3v) is 7.59. The number of nitrogens with zero attached hydrogens (tertiary/aromatic N) is 5. The van der Waals surface area contributed by atoms with E-state index in [1.165, 1.54) is 36.2 Å². The van der Waals surface area contributed by atoms with Crippen LogP contribution in [0.1, 0.15) is 61.1 Å². The molecule has 2 fully saturated rings. The second-order valence-electron chi connectivity index (χ2n) is 9.62. The van der Waals surface area contributed by atoms with Gasteiger partial charge in [-0.3, -0.25) is 0 Å². The molecular weight excluding hydrogens is 410 g/mol. The maximum absolute atomic E-state index is 5.75. The number of benzene rings is 2. The lowest BCUT2D eigenvalue weighted by molar-refractivity contribution is 0.0541. The van der Waals surface area contributed by atoms with Crippen LogP contribution in [0, 0.1) is 12.8 Å². The molecule has 6 heteroatoms. The Morgan fingerprint density at radius 2 is 1.79 bits per heavy atom. The van der Waals surface area contributed by atoms with E-state index >= 15 is 0 Å². The van der Waals surface area contributed by atoms with E-state index in [2.05, 4.69) is 63.4 Å². The van der Waals surface area contributed by atoms with Crippen molar-refractivity contribution in [3.8, 4) is 11.3 Å². The van der Waals surface area contributed by atoms with E-state index in [4.69, 9.17) is 9.72 Å². The van der Waals surface area contributed by atoms with E-state index in [1.807, 2.05) is 18.7 Å². The molecule has 4 aromatic rings. The van der Waals surface area contributed by atoms with E-state index in [-0.39, 0.29) is 6.04 Å². The van der Waals surface area contributed by atoms with Crippen LogP contribution in [0.5, 0.6) is 0 Å². The van der Waals surface area contributed by atoms with Gasteiger partial charge in [0.05, 0.1) is 28.5 Å². The van der Waals surface area contributed by atoms with E-state index in [9.17, 15) is 0 Å². The van der Waals surface area contributed by atoms with E-state index in [1.54, 1.807) is 0 Å². The summed E-state index contributed by atoms with van der Waals surface area (Å²) in [6, 6.07) is 17.9. The average molecular weight is 442 g/mol. The number of fused-ring (bicyclic) bond motifs is 1. The molecule has 2 aromatic heterocycles. The zero-order chi connectivity index (χ0) is 22.4. The largest absolute Gasteiger partial charge is 0.381 e. The van der Waals surface area contributed by atoms with Gasteiger partial charge in [-0.25, -0.2) is 9.67 Å². The van der Waals surface area contributed by atoms with Crippen LogP contribution in [0.3, 0.4) is 0 Å². The molecule has 170 valence electrons. The lowest BCUT2D eigenvalue weighted by Crippen LogP contribution is -2.29. The SMILES string of the molecule is Cc1nnn(C)c1-c1ccc2nc(C3CCC3)n([C@H](c3ccccc3)C3CCOCC3)c2c1. The predicted octanol–water partition coefficient (Wildman–Crippen LogP) is 5.42. The van der Waals surface area contributed by atoms with Crippen molar-refractivity contribution in [1.29, 1.82) is 0 Å². The topological polar surface area (TPSA) is 57.8 Å². The summed E-state index contributed by atoms with van der Waals surface area (Å²) in [6.07, 6.45) is 5.92. The van der Waals surface area contributed by atoms with Gasteiger partial charge in [-0.15, -0.1) is 5.10 Å². The van der Waals surface area contributed by atoms with Crippen molar-refractivity contribution in [2.45, 2.75) is 51.0 Å². The minimum atomic E-state index is 0.261. The summed E-state index contributed by atoms with van der Waals surface area (Å²) in [5.74, 6) is 2.33. The summed E-state index contributed by atoms with van der Waals surface area (Å²) >= 11 is 0. The first-order chi connectivity index (χ1) is 16.2. The van der Waals surface area contributed by atoms with Gasteiger partial charge in [0.2, 0.25) is 0 Å². The highest BCUT2D eigenvalue weighted by molar-refractivity contribution is 5.83. The fraction of sp³-hybridized carbons (Fsp3) is 0.444. The number of imidazole rings is 1. The third-order valence-electron chi connectivity index (χ3n) is 7.59. The predicted molar refractivity (Wildman–Crippen MR) is 129 cm³/mol. The summed E-state index contributed by atoms with van der Waals surface area (Å²) in [4.78, 5) is 5.24. The molecule has 1 aliphatic carbocycles. The molecule has 0 radical (unpaired) electrons. The van der Waals surface area contributed by atoms with Gasteiger partial charge >= 0.3 is 0 Å². The maximum Gasteiger partial charge on any atom is 0.113 e. The van der Waals surface area contributed by atoms with Crippen molar-refractivity contribution in [1.82, 2.24) is 24.5 Å². The minimum absolute atomic E-state index is 0.261. The zero-order valence-corrected chi connectivity index (χ0v) is 19.4. The smallest absolute Gasteiger partial charge is 0.113 e. The number of ether oxygens (including phenoxy) is 1. The van der Waals surface area contributed by atoms with Crippen LogP contribution in [0.4, 0.5) is 0 Å². The minimum Gasteiger partial charge on any atom is -0.381 e. The van der Waals surface area contributed by atoms with Crippen molar-refractivity contribution >= 4 is 11.0 Å². The van der Waals surface area contributed by atoms with Crippen LogP contribution in [-0.2, 0) is 11.8 Å². The molecule has 0 amide bonds. The van der Waals surface area contributed by atoms with Gasteiger partial charge in [0.15, 0.2) is 0 Å². The Bertz CT molecular complexity index is 1250. The van der Waals surface area contributed by atoms with E-state index < -0.39 is 0 Å². The van der Waals surface area contributed by atoms with Crippen LogP contribution < -0.4 is 0 Å². The molecule has 6 nitrogen and oxygen atoms in total. The summed E-state index contributed by atoms with van der Waals surface area (Å²) in [5.41, 5.74) is 6.83. The van der Waals surface area contributed by atoms with Crippen molar-refractivity contribution < 1.29 is 4.74 Å². The molecule has 1 aliphatic heterocycles. The molecule has 1 atom stereocenters. The molecule has 0 spiro atoms. The molecule has 1 saturated heterocycles. The highest BCUT2D eigenvalue weighted by Gasteiger charge is 2.34. The Morgan fingerprint density at radius 1 is 1.00 bits per heavy atom. The Hall–Kier alpha value is -2.99. The van der Waals surface area contributed by atoms with Gasteiger partial charge < -0.3 is 9.30 Å². The number of hydrogen-bond donors (Lipinski definition) is 0. The van der Waals surface area contributed by atoms with Crippen molar-refractivity contribution in [2.24, 2.45) is 13.0 Å². The van der Waals surface area contributed by atoms with Crippen LogP contribution in [-0.4, -0.2) is 37.8 Å². The normalized spacial score (nSPS) is 18.5. The summed E-state index contributed by atoms with van der Waals surface area (Å²) in [5, 5.41) is 8.52. The van der Waals surface area contributed by atoms with Gasteiger partial charge in [-0.1, -0.05) is 48.0 Å². The number of hydrogen-bond acceptors (Lipinski definition) is 4. The third kappa shape index (κ3) is 3.57. The fourth-order valence-corrected chi connectivity index (χ4v) is 5.68. The van der Waals surface area contributed by atoms with Crippen molar-refractivity contribution in [3.63, 3.8) is 0 Å². The van der Waals surface area contributed by atoms with Crippen molar-refractivity contribution in [3.05, 3.63) is 65.6 Å². The molecule has 2 aromatic carbocycles. The van der Waals surface area contributed by atoms with Gasteiger partial charge in [-0.2, -0.15) is 0 Å². The lowest BCUT2D eigenvalue weighted by atomic mass is 9.83. The lowest BCUT2D eigenvalue weighted by Gasteiger charge is -2.35. The molecule has 1 saturated carbocycles. The second-order valence-corrected chi connectivity index (χ2v) is 9.62. The van der Waals surface area contributed by atoms with Gasteiger partial charge in [-0.05, 0) is 56.2 Å². The van der Waals surface area contributed by atoms with Gasteiger partial charge in [0.1, 0.15) is 5.82 Å². The Kier molecular flexibility index (Phi) is 5.25. The molecule has 0 unspecified atom stereocenters. The Balaban J connectivity index is 1.58. The summed E-state index contributed by atoms with van der Waals surface area (Å²) < 4.78 is 10.2. The highest BCUT2D eigenvalue weighted by atomic mass is 16.5. The molecule has 6 rings (SSSR count). The number of aromatic nitrogens is 5. The molecule has 2 aliphatic rings.